The second-order valence-corrected chi connectivity index (χ2v) is 6.75. The fraction of sp³-hybridized carbons (Fsp3) is 0.211. The molecule has 0 saturated carbocycles. The van der Waals surface area contributed by atoms with Crippen LogP contribution in [-0.2, 0) is 11.2 Å². The smallest absolute Gasteiger partial charge is 0.232 e. The Morgan fingerprint density at radius 3 is 2.28 bits per heavy atom. The molecule has 0 aliphatic rings. The Hall–Kier alpha value is -2.60. The van der Waals surface area contributed by atoms with Gasteiger partial charge in [0.2, 0.25) is 5.91 Å². The van der Waals surface area contributed by atoms with Crippen LogP contribution in [0, 0.1) is 0 Å². The Balaban J connectivity index is 1.92. The lowest BCUT2D eigenvalue weighted by molar-refractivity contribution is -0.125. The van der Waals surface area contributed by atoms with E-state index in [1.165, 1.54) is 17.3 Å². The topological polar surface area (TPSA) is 51.0 Å². The first-order valence-electron chi connectivity index (χ1n) is 8.02. The third-order valence-electron chi connectivity index (χ3n) is 3.74. The summed E-state index contributed by atoms with van der Waals surface area (Å²) in [4.78, 5) is 13.5. The molecule has 5 nitrogen and oxygen atoms in total. The lowest BCUT2D eigenvalue weighted by Gasteiger charge is -2.12. The second-order valence-electron chi connectivity index (χ2n) is 5.81. The molecule has 1 aromatic heterocycles. The minimum atomic E-state index is 0.0530. The van der Waals surface area contributed by atoms with Crippen LogP contribution in [0.15, 0.2) is 65.8 Å². The number of hydrogen-bond donors (Lipinski definition) is 0. The van der Waals surface area contributed by atoms with E-state index < -0.39 is 0 Å². The van der Waals surface area contributed by atoms with Crippen molar-refractivity contribution in [3.63, 3.8) is 0 Å². The summed E-state index contributed by atoms with van der Waals surface area (Å²) in [6.45, 7) is 0. The average Bonchev–Trinajstić information content (AvgIpc) is 3.03. The molecule has 128 valence electrons. The van der Waals surface area contributed by atoms with Gasteiger partial charge in [0.15, 0.2) is 5.16 Å². The number of para-hydroxylation sites is 1. The van der Waals surface area contributed by atoms with Crippen LogP contribution in [0.3, 0.4) is 0 Å². The predicted octanol–water partition coefficient (Wildman–Crippen LogP) is 3.04. The zero-order valence-electron chi connectivity index (χ0n) is 14.3. The molecule has 6 heteroatoms. The molecule has 3 rings (SSSR count). The Morgan fingerprint density at radius 2 is 1.64 bits per heavy atom. The molecule has 0 N–H and O–H groups in total. The van der Waals surface area contributed by atoms with Crippen molar-refractivity contribution in [1.82, 2.24) is 19.7 Å². The Kier molecular flexibility index (Phi) is 5.50. The van der Waals surface area contributed by atoms with Crippen LogP contribution in [0.2, 0.25) is 0 Å². The number of nitrogens with zero attached hydrogens (tertiary/aromatic N) is 4. The van der Waals surface area contributed by atoms with Gasteiger partial charge in [-0.15, -0.1) is 10.2 Å². The maximum Gasteiger partial charge on any atom is 0.232 e. The van der Waals surface area contributed by atoms with Gasteiger partial charge in [-0.1, -0.05) is 60.3 Å². The van der Waals surface area contributed by atoms with Crippen molar-refractivity contribution >= 4 is 17.7 Å². The summed E-state index contributed by atoms with van der Waals surface area (Å²) >= 11 is 1.41. The number of aromatic nitrogens is 3. The Morgan fingerprint density at radius 1 is 1.00 bits per heavy atom. The summed E-state index contributed by atoms with van der Waals surface area (Å²) in [5.41, 5.74) is 2.17. The van der Waals surface area contributed by atoms with E-state index in [0.29, 0.717) is 12.2 Å². The quantitative estimate of drug-likeness (QED) is 0.640. The highest BCUT2D eigenvalue weighted by molar-refractivity contribution is 7.99. The third-order valence-corrected chi connectivity index (χ3v) is 4.66. The second kappa shape index (κ2) is 7.98. The molecule has 1 amide bonds. The zero-order valence-corrected chi connectivity index (χ0v) is 15.1. The van der Waals surface area contributed by atoms with Crippen molar-refractivity contribution < 1.29 is 4.79 Å². The average molecular weight is 352 g/mol. The fourth-order valence-electron chi connectivity index (χ4n) is 2.38. The number of rotatable bonds is 6. The molecule has 0 aliphatic carbocycles. The predicted molar refractivity (Wildman–Crippen MR) is 100 cm³/mol. The van der Waals surface area contributed by atoms with Gasteiger partial charge in [-0.2, -0.15) is 0 Å². The maximum atomic E-state index is 11.9. The molecule has 2 aromatic carbocycles. The maximum absolute atomic E-state index is 11.9. The van der Waals surface area contributed by atoms with Gasteiger partial charge in [0.05, 0.1) is 5.75 Å². The number of thioether (sulfide) groups is 1. The molecular weight excluding hydrogens is 332 g/mol. The molecule has 0 atom stereocenters. The molecule has 0 fully saturated rings. The molecular formula is C19H20N4OS. The van der Waals surface area contributed by atoms with Crippen LogP contribution >= 0.6 is 11.8 Å². The van der Waals surface area contributed by atoms with E-state index in [2.05, 4.69) is 22.3 Å². The van der Waals surface area contributed by atoms with Gasteiger partial charge >= 0.3 is 0 Å². The van der Waals surface area contributed by atoms with Crippen molar-refractivity contribution in [1.29, 1.82) is 0 Å². The van der Waals surface area contributed by atoms with E-state index in [0.717, 1.165) is 16.7 Å². The summed E-state index contributed by atoms with van der Waals surface area (Å²) < 4.78 is 2.03. The van der Waals surface area contributed by atoms with E-state index in [9.17, 15) is 4.79 Å². The molecule has 0 saturated heterocycles. The van der Waals surface area contributed by atoms with Crippen molar-refractivity contribution in [2.24, 2.45) is 0 Å². The SMILES string of the molecule is CN(C)C(=O)CSc1nnc(Cc2ccccc2)n1-c1ccccc1. The first kappa shape index (κ1) is 17.2. The molecule has 0 aliphatic heterocycles. The summed E-state index contributed by atoms with van der Waals surface area (Å²) in [6, 6.07) is 20.2. The van der Waals surface area contributed by atoms with E-state index in [1.54, 1.807) is 19.0 Å². The molecule has 25 heavy (non-hydrogen) atoms. The van der Waals surface area contributed by atoms with Gasteiger partial charge in [0.25, 0.3) is 0 Å². The summed E-state index contributed by atoms with van der Waals surface area (Å²) in [5, 5.41) is 9.43. The molecule has 0 radical (unpaired) electrons. The third kappa shape index (κ3) is 4.28. The van der Waals surface area contributed by atoms with Crippen LogP contribution in [0.1, 0.15) is 11.4 Å². The molecule has 0 spiro atoms. The number of carbonyl (C=O) groups is 1. The van der Waals surface area contributed by atoms with Gasteiger partial charge in [0, 0.05) is 26.2 Å². The van der Waals surface area contributed by atoms with Crippen LogP contribution in [0.25, 0.3) is 5.69 Å². The molecule has 3 aromatic rings. The van der Waals surface area contributed by atoms with Crippen molar-refractivity contribution in [3.05, 3.63) is 72.1 Å². The van der Waals surface area contributed by atoms with E-state index >= 15 is 0 Å². The number of carbonyl (C=O) groups excluding carboxylic acids is 1. The summed E-state index contributed by atoms with van der Waals surface area (Å²) in [6.07, 6.45) is 0.685. The zero-order chi connectivity index (χ0) is 17.6. The van der Waals surface area contributed by atoms with Gasteiger partial charge in [0.1, 0.15) is 5.82 Å². The summed E-state index contributed by atoms with van der Waals surface area (Å²) in [5.74, 6) is 1.25. The lowest BCUT2D eigenvalue weighted by Crippen LogP contribution is -2.23. The van der Waals surface area contributed by atoms with Gasteiger partial charge in [-0.05, 0) is 17.7 Å². The lowest BCUT2D eigenvalue weighted by atomic mass is 10.1. The highest BCUT2D eigenvalue weighted by atomic mass is 32.2. The fourth-order valence-corrected chi connectivity index (χ4v) is 3.33. The molecule has 0 unspecified atom stereocenters. The van der Waals surface area contributed by atoms with Gasteiger partial charge in [-0.3, -0.25) is 9.36 Å². The first-order chi connectivity index (χ1) is 12.1. The largest absolute Gasteiger partial charge is 0.348 e. The Labute approximate surface area is 151 Å². The highest BCUT2D eigenvalue weighted by Crippen LogP contribution is 2.23. The van der Waals surface area contributed by atoms with Crippen LogP contribution in [-0.4, -0.2) is 45.4 Å². The normalized spacial score (nSPS) is 10.6. The molecule has 0 bridgehead atoms. The van der Waals surface area contributed by atoms with E-state index in [4.69, 9.17) is 0 Å². The number of amides is 1. The van der Waals surface area contributed by atoms with Crippen molar-refractivity contribution in [2.75, 3.05) is 19.8 Å². The van der Waals surface area contributed by atoms with E-state index in [1.807, 2.05) is 53.1 Å². The van der Waals surface area contributed by atoms with Crippen LogP contribution in [0.5, 0.6) is 0 Å². The van der Waals surface area contributed by atoms with Crippen LogP contribution < -0.4 is 0 Å². The van der Waals surface area contributed by atoms with Gasteiger partial charge in [-0.25, -0.2) is 0 Å². The summed E-state index contributed by atoms with van der Waals surface area (Å²) in [7, 11) is 3.51. The first-order valence-corrected chi connectivity index (χ1v) is 9.00. The molecule has 1 heterocycles. The minimum absolute atomic E-state index is 0.0530. The minimum Gasteiger partial charge on any atom is -0.348 e. The number of benzene rings is 2. The Bertz CT molecular complexity index is 831. The standard InChI is InChI=1S/C19H20N4OS/c1-22(2)18(24)14-25-19-21-20-17(13-15-9-5-3-6-10-15)23(19)16-11-7-4-8-12-16/h3-12H,13-14H2,1-2H3. The van der Waals surface area contributed by atoms with E-state index in [-0.39, 0.29) is 5.91 Å². The monoisotopic (exact) mass is 352 g/mol. The number of hydrogen-bond acceptors (Lipinski definition) is 4. The highest BCUT2D eigenvalue weighted by Gasteiger charge is 2.16. The van der Waals surface area contributed by atoms with Crippen molar-refractivity contribution in [2.45, 2.75) is 11.6 Å². The van der Waals surface area contributed by atoms with Crippen LogP contribution in [0.4, 0.5) is 0 Å². The van der Waals surface area contributed by atoms with Gasteiger partial charge < -0.3 is 4.90 Å². The van der Waals surface area contributed by atoms with Crippen molar-refractivity contribution in [3.8, 4) is 5.69 Å².